The highest BCUT2D eigenvalue weighted by Gasteiger charge is 2.33. The highest BCUT2D eigenvalue weighted by atomic mass is 35.5. The summed E-state index contributed by atoms with van der Waals surface area (Å²) in [6.07, 6.45) is 0.936. The van der Waals surface area contributed by atoms with Crippen LogP contribution >= 0.6 is 23.2 Å². The molecule has 12 heteroatoms. The third-order valence-electron chi connectivity index (χ3n) is 8.22. The smallest absolute Gasteiger partial charge is 0.263 e. The number of halogens is 2. The molecule has 0 bridgehead atoms. The topological polar surface area (TPSA) is 115 Å². The van der Waals surface area contributed by atoms with Gasteiger partial charge >= 0.3 is 0 Å². The van der Waals surface area contributed by atoms with Crippen LogP contribution in [0.1, 0.15) is 56.9 Å². The fourth-order valence-electron chi connectivity index (χ4n) is 5.77. The Morgan fingerprint density at radius 1 is 1.02 bits per heavy atom. The van der Waals surface area contributed by atoms with Gasteiger partial charge in [0.15, 0.2) is 0 Å². The molecule has 0 spiro atoms. The molecule has 0 unspecified atom stereocenters. The number of carbonyl (C=O) groups is 2. The van der Waals surface area contributed by atoms with Gasteiger partial charge in [-0.25, -0.2) is 9.55 Å². The molecule has 3 aromatic carbocycles. The maximum Gasteiger partial charge on any atom is 0.263 e. The zero-order valence-corrected chi connectivity index (χ0v) is 26.4. The molecule has 0 saturated heterocycles. The van der Waals surface area contributed by atoms with Gasteiger partial charge in [0.2, 0.25) is 5.95 Å². The summed E-state index contributed by atoms with van der Waals surface area (Å²) in [6.45, 7) is 2.49. The number of nitrogens with zero attached hydrogens (tertiary/aromatic N) is 3. The van der Waals surface area contributed by atoms with Crippen LogP contribution in [0, 0.1) is 0 Å². The largest absolute Gasteiger partial charge is 0.497 e. The van der Waals surface area contributed by atoms with E-state index in [1.165, 1.54) is 4.57 Å². The van der Waals surface area contributed by atoms with E-state index in [4.69, 9.17) is 37.7 Å². The SMILES string of the molecule is CNC(=O)c1ccc(-n2c(N[C@H]3CCOc4cc(OC)ccc43)nc3c(c2=O)C[C@@H](C)N(C(=O)c2ccc(Cl)c(Cl)c2)C3)cc1. The molecule has 0 radical (unpaired) electrons. The van der Waals surface area contributed by atoms with E-state index in [2.05, 4.69) is 10.6 Å². The van der Waals surface area contributed by atoms with Crippen molar-refractivity contribution in [2.75, 3.05) is 26.1 Å². The number of hydrogen-bond acceptors (Lipinski definition) is 7. The first-order chi connectivity index (χ1) is 21.7. The minimum Gasteiger partial charge on any atom is -0.497 e. The number of nitrogens with one attached hydrogen (secondary N) is 2. The number of fused-ring (bicyclic) bond motifs is 2. The van der Waals surface area contributed by atoms with Crippen LogP contribution in [0.3, 0.4) is 0 Å². The first-order valence-corrected chi connectivity index (χ1v) is 15.2. The number of rotatable bonds is 6. The van der Waals surface area contributed by atoms with Gasteiger partial charge in [-0.2, -0.15) is 0 Å². The Bertz CT molecular complexity index is 1860. The Labute approximate surface area is 269 Å². The lowest BCUT2D eigenvalue weighted by molar-refractivity contribution is 0.0653. The van der Waals surface area contributed by atoms with Crippen LogP contribution in [0.4, 0.5) is 5.95 Å². The normalized spacial score (nSPS) is 17.0. The van der Waals surface area contributed by atoms with Crippen LogP contribution in [0.2, 0.25) is 10.0 Å². The number of aromatic nitrogens is 2. The molecule has 0 saturated carbocycles. The molecule has 2 aliphatic rings. The molecular formula is C33H31Cl2N5O5. The summed E-state index contributed by atoms with van der Waals surface area (Å²) in [7, 11) is 3.16. The minimum absolute atomic E-state index is 0.136. The zero-order valence-electron chi connectivity index (χ0n) is 24.9. The van der Waals surface area contributed by atoms with Crippen LogP contribution in [0.25, 0.3) is 5.69 Å². The molecule has 4 aromatic rings. The Morgan fingerprint density at radius 2 is 1.78 bits per heavy atom. The summed E-state index contributed by atoms with van der Waals surface area (Å²) in [5.74, 6) is 1.22. The maximum absolute atomic E-state index is 14.3. The molecular weight excluding hydrogens is 617 g/mol. The molecule has 3 heterocycles. The van der Waals surface area contributed by atoms with Crippen molar-refractivity contribution in [3.8, 4) is 17.2 Å². The van der Waals surface area contributed by atoms with Crippen LogP contribution < -0.4 is 25.7 Å². The molecule has 232 valence electrons. The average molecular weight is 649 g/mol. The molecule has 6 rings (SSSR count). The van der Waals surface area contributed by atoms with Crippen molar-refractivity contribution in [3.05, 3.63) is 109 Å². The molecule has 10 nitrogen and oxygen atoms in total. The number of amides is 2. The van der Waals surface area contributed by atoms with Gasteiger partial charge in [0, 0.05) is 47.8 Å². The number of carbonyl (C=O) groups excluding carboxylic acids is 2. The lowest BCUT2D eigenvalue weighted by Gasteiger charge is -2.35. The molecule has 0 fully saturated rings. The summed E-state index contributed by atoms with van der Waals surface area (Å²) < 4.78 is 12.8. The first kappa shape index (κ1) is 30.5. The molecule has 2 N–H and O–H groups in total. The Kier molecular flexibility index (Phi) is 8.44. The van der Waals surface area contributed by atoms with Gasteiger partial charge in [-0.3, -0.25) is 14.4 Å². The van der Waals surface area contributed by atoms with E-state index in [-0.39, 0.29) is 41.0 Å². The summed E-state index contributed by atoms with van der Waals surface area (Å²) >= 11 is 12.3. The fourth-order valence-corrected chi connectivity index (χ4v) is 6.07. The van der Waals surface area contributed by atoms with Gasteiger partial charge in [0.25, 0.3) is 17.4 Å². The summed E-state index contributed by atoms with van der Waals surface area (Å²) in [6, 6.07) is 16.7. The van der Waals surface area contributed by atoms with Crippen LogP contribution in [-0.4, -0.2) is 53.1 Å². The van der Waals surface area contributed by atoms with Crippen molar-refractivity contribution in [1.82, 2.24) is 19.8 Å². The van der Waals surface area contributed by atoms with Crippen molar-refractivity contribution >= 4 is 41.0 Å². The second-order valence-electron chi connectivity index (χ2n) is 11.0. The van der Waals surface area contributed by atoms with E-state index in [0.717, 1.165) is 5.56 Å². The molecule has 2 atom stereocenters. The molecule has 2 amide bonds. The first-order valence-electron chi connectivity index (χ1n) is 14.5. The Hall–Kier alpha value is -4.54. The van der Waals surface area contributed by atoms with Gasteiger partial charge in [0.05, 0.1) is 47.7 Å². The standard InChI is InChI=1S/C33H31Cl2N5O5/c1-18-14-24-28(17-39(18)31(42)20-6-11-25(34)26(35)15-20)38-33(37-27-12-13-45-29-16-22(44-3)9-10-23(27)29)40(32(24)43)21-7-4-19(5-8-21)30(41)36-2/h4-11,15-16,18,27H,12-14,17H2,1-3H3,(H,36,41)(H,37,38)/t18-,27+/m1/s1. The summed E-state index contributed by atoms with van der Waals surface area (Å²) in [5, 5.41) is 6.76. The molecule has 2 aliphatic heterocycles. The van der Waals surface area contributed by atoms with Crippen molar-refractivity contribution in [2.45, 2.75) is 38.4 Å². The fraction of sp³-hybridized carbons (Fsp3) is 0.273. The highest BCUT2D eigenvalue weighted by Crippen LogP contribution is 2.37. The molecule has 45 heavy (non-hydrogen) atoms. The van der Waals surface area contributed by atoms with Crippen molar-refractivity contribution in [1.29, 1.82) is 0 Å². The van der Waals surface area contributed by atoms with Crippen molar-refractivity contribution in [2.24, 2.45) is 0 Å². The van der Waals surface area contributed by atoms with Gasteiger partial charge in [0.1, 0.15) is 11.5 Å². The van der Waals surface area contributed by atoms with E-state index in [1.807, 2.05) is 25.1 Å². The number of methoxy groups -OCH3 is 1. The van der Waals surface area contributed by atoms with E-state index in [1.54, 1.807) is 61.5 Å². The second-order valence-corrected chi connectivity index (χ2v) is 11.8. The molecule has 0 aliphatic carbocycles. The lowest BCUT2D eigenvalue weighted by Crippen LogP contribution is -2.46. The van der Waals surface area contributed by atoms with Gasteiger partial charge < -0.3 is 25.0 Å². The van der Waals surface area contributed by atoms with Crippen LogP contribution in [0.15, 0.2) is 65.5 Å². The third kappa shape index (κ3) is 5.83. The van der Waals surface area contributed by atoms with E-state index in [0.29, 0.717) is 70.0 Å². The predicted molar refractivity (Wildman–Crippen MR) is 172 cm³/mol. The number of benzene rings is 3. The van der Waals surface area contributed by atoms with Gasteiger partial charge in [-0.15, -0.1) is 0 Å². The van der Waals surface area contributed by atoms with E-state index in [9.17, 15) is 14.4 Å². The minimum atomic E-state index is -0.283. The van der Waals surface area contributed by atoms with Crippen LogP contribution in [0.5, 0.6) is 11.5 Å². The third-order valence-corrected chi connectivity index (χ3v) is 8.96. The predicted octanol–water partition coefficient (Wildman–Crippen LogP) is 5.43. The summed E-state index contributed by atoms with van der Waals surface area (Å²) in [5.41, 5.74) is 3.11. The number of hydrogen-bond donors (Lipinski definition) is 2. The lowest BCUT2D eigenvalue weighted by atomic mass is 9.98. The quantitative estimate of drug-likeness (QED) is 0.287. The monoisotopic (exact) mass is 647 g/mol. The average Bonchev–Trinajstić information content (AvgIpc) is 3.05. The maximum atomic E-state index is 14.3. The Morgan fingerprint density at radius 3 is 2.49 bits per heavy atom. The van der Waals surface area contributed by atoms with E-state index >= 15 is 0 Å². The number of anilines is 1. The van der Waals surface area contributed by atoms with Crippen LogP contribution in [-0.2, 0) is 13.0 Å². The van der Waals surface area contributed by atoms with E-state index < -0.39 is 0 Å². The van der Waals surface area contributed by atoms with Gasteiger partial charge in [-0.1, -0.05) is 23.2 Å². The van der Waals surface area contributed by atoms with Crippen molar-refractivity contribution < 1.29 is 19.1 Å². The van der Waals surface area contributed by atoms with Gasteiger partial charge in [-0.05, 0) is 67.9 Å². The zero-order chi connectivity index (χ0) is 31.8. The second kappa shape index (κ2) is 12.5. The van der Waals surface area contributed by atoms with Crippen molar-refractivity contribution in [3.63, 3.8) is 0 Å². The summed E-state index contributed by atoms with van der Waals surface area (Å²) in [4.78, 5) is 46.8. The highest BCUT2D eigenvalue weighted by molar-refractivity contribution is 6.42. The molecule has 1 aromatic heterocycles. The number of ether oxygens (including phenoxy) is 2. The Balaban J connectivity index is 1.43.